The van der Waals surface area contributed by atoms with Crippen LogP contribution in [0.5, 0.6) is 11.5 Å². The molecular weight excluding hydrogens is 260 g/mol. The highest BCUT2D eigenvalue weighted by Crippen LogP contribution is 2.42. The molecule has 0 unspecified atom stereocenters. The molecule has 0 aromatic heterocycles. The Hall–Kier alpha value is -2.31. The number of hydrogen-bond donors (Lipinski definition) is 2. The second-order valence-corrected chi connectivity index (χ2v) is 4.01. The van der Waals surface area contributed by atoms with Crippen molar-refractivity contribution in [1.82, 2.24) is 0 Å². The first-order valence-corrected chi connectivity index (χ1v) is 5.39. The van der Waals surface area contributed by atoms with Crippen molar-refractivity contribution in [3.05, 3.63) is 29.8 Å². The third-order valence-corrected chi connectivity index (χ3v) is 2.34. The van der Waals surface area contributed by atoms with Crippen molar-refractivity contribution in [2.24, 2.45) is 0 Å². The maximum Gasteiger partial charge on any atom is 0.586 e. The number of carbonyl (C=O) groups is 1. The molecule has 2 N–H and O–H groups in total. The average molecular weight is 271 g/mol. The van der Waals surface area contributed by atoms with Crippen LogP contribution in [0.2, 0.25) is 0 Å². The van der Waals surface area contributed by atoms with E-state index >= 15 is 0 Å². The Bertz CT molecular complexity index is 543. The summed E-state index contributed by atoms with van der Waals surface area (Å²) in [5, 5.41) is 11.4. The molecular formula is C12H11F2NO4. The fraction of sp³-hybridized carbons (Fsp3) is 0.250. The predicted molar refractivity (Wildman–Crippen MR) is 62.5 cm³/mol. The van der Waals surface area contributed by atoms with E-state index in [2.05, 4.69) is 14.8 Å². The molecule has 1 heterocycles. The van der Waals surface area contributed by atoms with Crippen LogP contribution in [0, 0.1) is 0 Å². The Labute approximate surface area is 107 Å². The van der Waals surface area contributed by atoms with Gasteiger partial charge in [0.1, 0.15) is 0 Å². The first kappa shape index (κ1) is 13.1. The van der Waals surface area contributed by atoms with Gasteiger partial charge in [-0.05, 0) is 24.6 Å². The number of fused-ring (bicyclic) bond motifs is 1. The second-order valence-electron chi connectivity index (χ2n) is 4.01. The fourth-order valence-corrected chi connectivity index (χ4v) is 1.56. The summed E-state index contributed by atoms with van der Waals surface area (Å²) in [7, 11) is 0. The van der Waals surface area contributed by atoms with E-state index in [1.54, 1.807) is 6.92 Å². The lowest BCUT2D eigenvalue weighted by atomic mass is 10.2. The lowest BCUT2D eigenvalue weighted by molar-refractivity contribution is -0.286. The minimum atomic E-state index is -3.64. The molecule has 5 nitrogen and oxygen atoms in total. The van der Waals surface area contributed by atoms with Gasteiger partial charge in [0.25, 0.3) is 0 Å². The zero-order valence-electron chi connectivity index (χ0n) is 9.94. The summed E-state index contributed by atoms with van der Waals surface area (Å²) in [5.41, 5.74) is 1.12. The highest BCUT2D eigenvalue weighted by atomic mass is 19.3. The topological polar surface area (TPSA) is 67.8 Å². The van der Waals surface area contributed by atoms with E-state index in [4.69, 9.17) is 5.11 Å². The van der Waals surface area contributed by atoms with Gasteiger partial charge in [0, 0.05) is 24.4 Å². The molecule has 0 aliphatic carbocycles. The van der Waals surface area contributed by atoms with Crippen LogP contribution in [-0.4, -0.2) is 23.9 Å². The van der Waals surface area contributed by atoms with Crippen LogP contribution >= 0.6 is 0 Å². The molecule has 0 saturated heterocycles. The largest absolute Gasteiger partial charge is 0.586 e. The van der Waals surface area contributed by atoms with E-state index in [-0.39, 0.29) is 18.0 Å². The lowest BCUT2D eigenvalue weighted by Crippen LogP contribution is -2.25. The van der Waals surface area contributed by atoms with Crippen LogP contribution < -0.4 is 14.8 Å². The quantitative estimate of drug-likeness (QED) is 0.823. The molecule has 1 aliphatic heterocycles. The zero-order chi connectivity index (χ0) is 14.0. The number of anilines is 1. The van der Waals surface area contributed by atoms with Crippen molar-refractivity contribution in [2.45, 2.75) is 13.2 Å². The van der Waals surface area contributed by atoms with Gasteiger partial charge < -0.3 is 19.9 Å². The monoisotopic (exact) mass is 271 g/mol. The molecule has 0 bridgehead atoms. The number of benzene rings is 1. The number of nitrogens with one attached hydrogen (secondary N) is 1. The van der Waals surface area contributed by atoms with Gasteiger partial charge in [-0.25, -0.2) is 4.79 Å². The van der Waals surface area contributed by atoms with Gasteiger partial charge in [0.05, 0.1) is 0 Å². The zero-order valence-corrected chi connectivity index (χ0v) is 9.94. The minimum absolute atomic E-state index is 0.0339. The maximum absolute atomic E-state index is 12.8. The summed E-state index contributed by atoms with van der Waals surface area (Å²) in [4.78, 5) is 10.4. The number of halogens is 2. The molecule has 0 fully saturated rings. The molecule has 19 heavy (non-hydrogen) atoms. The van der Waals surface area contributed by atoms with Gasteiger partial charge in [-0.2, -0.15) is 0 Å². The highest BCUT2D eigenvalue weighted by molar-refractivity contribution is 5.80. The summed E-state index contributed by atoms with van der Waals surface area (Å²) in [5.74, 6) is -1.13. The SMILES string of the molecule is C/C(=C/C(=O)O)CNc1ccc2c(c1)OC(F)(F)O2. The number of carboxylic acid groups (broad SMARTS) is 1. The van der Waals surface area contributed by atoms with Crippen LogP contribution in [0.25, 0.3) is 0 Å². The number of ether oxygens (including phenoxy) is 2. The highest BCUT2D eigenvalue weighted by Gasteiger charge is 2.43. The number of hydrogen-bond acceptors (Lipinski definition) is 4. The van der Waals surface area contributed by atoms with Crippen LogP contribution in [-0.2, 0) is 4.79 Å². The Morgan fingerprint density at radius 1 is 1.42 bits per heavy atom. The van der Waals surface area contributed by atoms with Crippen molar-refractivity contribution < 1.29 is 28.2 Å². The summed E-state index contributed by atoms with van der Waals surface area (Å²) in [6, 6.07) is 4.26. The standard InChI is InChI=1S/C12H11F2NO4/c1-7(4-11(16)17)6-15-8-2-3-9-10(5-8)19-12(13,14)18-9/h2-5,15H,6H2,1H3,(H,16,17)/b7-4-. The van der Waals surface area contributed by atoms with Crippen LogP contribution in [0.4, 0.5) is 14.5 Å². The summed E-state index contributed by atoms with van der Waals surface area (Å²) < 4.78 is 34.1. The minimum Gasteiger partial charge on any atom is -0.478 e. The Kier molecular flexibility index (Phi) is 3.28. The van der Waals surface area contributed by atoms with E-state index in [1.165, 1.54) is 18.2 Å². The van der Waals surface area contributed by atoms with Crippen molar-refractivity contribution in [3.63, 3.8) is 0 Å². The van der Waals surface area contributed by atoms with Crippen LogP contribution in [0.3, 0.4) is 0 Å². The maximum atomic E-state index is 12.8. The van der Waals surface area contributed by atoms with Crippen molar-refractivity contribution in [1.29, 1.82) is 0 Å². The Morgan fingerprint density at radius 2 is 2.11 bits per heavy atom. The summed E-state index contributed by atoms with van der Waals surface area (Å²) >= 11 is 0. The molecule has 0 saturated carbocycles. The molecule has 102 valence electrons. The Morgan fingerprint density at radius 3 is 2.79 bits per heavy atom. The normalized spacial score (nSPS) is 16.3. The number of rotatable bonds is 4. The molecule has 0 spiro atoms. The summed E-state index contributed by atoms with van der Waals surface area (Å²) in [6.45, 7) is 1.92. The third kappa shape index (κ3) is 3.34. The van der Waals surface area contributed by atoms with Gasteiger partial charge in [0.15, 0.2) is 11.5 Å². The van der Waals surface area contributed by atoms with E-state index in [9.17, 15) is 13.6 Å². The van der Waals surface area contributed by atoms with Crippen molar-refractivity contribution >= 4 is 11.7 Å². The Balaban J connectivity index is 2.03. The van der Waals surface area contributed by atoms with Crippen LogP contribution in [0.15, 0.2) is 29.8 Å². The lowest BCUT2D eigenvalue weighted by Gasteiger charge is -2.07. The van der Waals surface area contributed by atoms with Crippen molar-refractivity contribution in [2.75, 3.05) is 11.9 Å². The van der Waals surface area contributed by atoms with E-state index in [0.29, 0.717) is 11.3 Å². The first-order valence-electron chi connectivity index (χ1n) is 5.39. The molecule has 0 atom stereocenters. The summed E-state index contributed by atoms with van der Waals surface area (Å²) in [6.07, 6.45) is -2.58. The molecule has 1 aromatic carbocycles. The molecule has 1 aliphatic rings. The van der Waals surface area contributed by atoms with Gasteiger partial charge in [0.2, 0.25) is 0 Å². The molecule has 2 rings (SSSR count). The smallest absolute Gasteiger partial charge is 0.478 e. The average Bonchev–Trinajstić information content (AvgIpc) is 2.58. The predicted octanol–water partition coefficient (Wildman–Crippen LogP) is 2.45. The van der Waals surface area contributed by atoms with Gasteiger partial charge >= 0.3 is 12.3 Å². The van der Waals surface area contributed by atoms with E-state index < -0.39 is 12.3 Å². The first-order chi connectivity index (χ1) is 8.85. The van der Waals surface area contributed by atoms with Crippen LogP contribution in [0.1, 0.15) is 6.92 Å². The molecule has 1 aromatic rings. The molecule has 0 radical (unpaired) electrons. The van der Waals surface area contributed by atoms with Gasteiger partial charge in [-0.15, -0.1) is 8.78 Å². The van der Waals surface area contributed by atoms with E-state index in [0.717, 1.165) is 6.08 Å². The second kappa shape index (κ2) is 4.75. The molecule has 0 amide bonds. The number of carboxylic acids is 1. The van der Waals surface area contributed by atoms with E-state index in [1.807, 2.05) is 0 Å². The number of aliphatic carboxylic acids is 1. The van der Waals surface area contributed by atoms with Gasteiger partial charge in [-0.3, -0.25) is 0 Å². The fourth-order valence-electron chi connectivity index (χ4n) is 1.56. The third-order valence-electron chi connectivity index (χ3n) is 2.34. The number of alkyl halides is 2. The molecule has 7 heteroatoms. The van der Waals surface area contributed by atoms with Gasteiger partial charge in [-0.1, -0.05) is 0 Å². The van der Waals surface area contributed by atoms with Crippen molar-refractivity contribution in [3.8, 4) is 11.5 Å².